The molecule has 0 radical (unpaired) electrons. The number of fused-ring (bicyclic) bond motifs is 1. The number of allylic oxidation sites excluding steroid dienone is 3. The fraction of sp³-hybridized carbons (Fsp3) is 0.364. The van der Waals surface area contributed by atoms with E-state index in [4.69, 9.17) is 10.5 Å². The van der Waals surface area contributed by atoms with Gasteiger partial charge < -0.3 is 10.8 Å². The fourth-order valence-electron chi connectivity index (χ4n) is 4.13. The van der Waals surface area contributed by atoms with Gasteiger partial charge in [-0.1, -0.05) is 61.4 Å². The summed E-state index contributed by atoms with van der Waals surface area (Å²) >= 11 is 0. The van der Waals surface area contributed by atoms with Crippen molar-refractivity contribution in [3.8, 4) is 0 Å². The van der Waals surface area contributed by atoms with Crippen molar-refractivity contribution in [3.63, 3.8) is 0 Å². The highest BCUT2D eigenvalue weighted by Crippen LogP contribution is 2.35. The van der Waals surface area contributed by atoms with Gasteiger partial charge in [-0.25, -0.2) is 0 Å². The zero-order valence-corrected chi connectivity index (χ0v) is 14.5. The molecule has 3 nitrogen and oxygen atoms in total. The number of hydrogen-bond acceptors (Lipinski definition) is 3. The van der Waals surface area contributed by atoms with Gasteiger partial charge in [0.05, 0.1) is 17.5 Å². The lowest BCUT2D eigenvalue weighted by Crippen LogP contribution is -2.44. The lowest BCUT2D eigenvalue weighted by molar-refractivity contribution is 0.444. The van der Waals surface area contributed by atoms with E-state index in [0.717, 1.165) is 6.42 Å². The van der Waals surface area contributed by atoms with Crippen molar-refractivity contribution in [2.45, 2.75) is 38.1 Å². The Labute approximate surface area is 149 Å². The van der Waals surface area contributed by atoms with Crippen LogP contribution in [0.1, 0.15) is 37.7 Å². The summed E-state index contributed by atoms with van der Waals surface area (Å²) in [6.07, 6.45) is 16.7. The van der Waals surface area contributed by atoms with Gasteiger partial charge in [0.2, 0.25) is 0 Å². The molecule has 0 saturated heterocycles. The third-order valence-corrected chi connectivity index (χ3v) is 5.44. The van der Waals surface area contributed by atoms with Crippen LogP contribution in [-0.4, -0.2) is 17.5 Å². The summed E-state index contributed by atoms with van der Waals surface area (Å²) in [6, 6.07) is 10.8. The Kier molecular flexibility index (Phi) is 4.64. The molecule has 2 N–H and O–H groups in total. The number of benzene rings is 1. The van der Waals surface area contributed by atoms with Gasteiger partial charge in [0, 0.05) is 11.8 Å². The minimum Gasteiger partial charge on any atom is -0.302 e. The highest BCUT2D eigenvalue weighted by molar-refractivity contribution is 6.04. The highest BCUT2D eigenvalue weighted by atomic mass is 15.3. The quantitative estimate of drug-likeness (QED) is 0.763. The van der Waals surface area contributed by atoms with Gasteiger partial charge in [-0.05, 0) is 42.6 Å². The maximum absolute atomic E-state index is 7.75. The van der Waals surface area contributed by atoms with Crippen LogP contribution in [0.5, 0.6) is 0 Å². The molecule has 0 bridgehead atoms. The first kappa shape index (κ1) is 16.1. The topological polar surface area (TPSA) is 48.2 Å². The van der Waals surface area contributed by atoms with Gasteiger partial charge in [0.15, 0.2) is 0 Å². The van der Waals surface area contributed by atoms with E-state index in [-0.39, 0.29) is 12.0 Å². The van der Waals surface area contributed by atoms with Crippen LogP contribution in [0.4, 0.5) is 0 Å². The van der Waals surface area contributed by atoms with E-state index in [2.05, 4.69) is 54.0 Å². The number of nitrogens with zero attached hydrogens (tertiary/aromatic N) is 1. The molecule has 0 saturated carbocycles. The average molecular weight is 331 g/mol. The molecule has 128 valence electrons. The molecule has 1 aromatic rings. The summed E-state index contributed by atoms with van der Waals surface area (Å²) in [5.41, 5.74) is 7.91. The highest BCUT2D eigenvalue weighted by Gasteiger charge is 2.34. The summed E-state index contributed by atoms with van der Waals surface area (Å²) < 4.78 is 0. The normalized spacial score (nSPS) is 31.0. The maximum atomic E-state index is 7.75. The molecule has 0 fully saturated rings. The minimum atomic E-state index is 0.205. The molecule has 2 unspecified atom stereocenters. The standard InChI is InChI=1S/C22H25N3/c23-18-14-12-17(13-15-18)22-20-11-7-2-1-6-10-19(20)21(24-25-22)16-8-4-3-5-9-16/h3-5,8-9,11-15,17,19,22-23,25H,1-2,6-7,10H2/b20-11+,23-18?. The SMILES string of the molecule is N=C1C=CC(C2NN=C(c3ccccc3)C3CCCCC/C=C\32)C=C1. The number of nitrogens with one attached hydrogen (secondary N) is 2. The van der Waals surface area contributed by atoms with Crippen LogP contribution in [0.2, 0.25) is 0 Å². The first-order chi connectivity index (χ1) is 12.3. The summed E-state index contributed by atoms with van der Waals surface area (Å²) in [4.78, 5) is 0. The Balaban J connectivity index is 1.71. The predicted molar refractivity (Wildman–Crippen MR) is 104 cm³/mol. The van der Waals surface area contributed by atoms with Crippen LogP contribution in [0.25, 0.3) is 0 Å². The smallest absolute Gasteiger partial charge is 0.0753 e. The van der Waals surface area contributed by atoms with E-state index in [1.54, 1.807) is 0 Å². The van der Waals surface area contributed by atoms with Gasteiger partial charge in [-0.2, -0.15) is 5.10 Å². The summed E-state index contributed by atoms with van der Waals surface area (Å²) in [7, 11) is 0. The minimum absolute atomic E-state index is 0.205. The Bertz CT molecular complexity index is 739. The van der Waals surface area contributed by atoms with Crippen LogP contribution in [-0.2, 0) is 0 Å². The fourth-order valence-corrected chi connectivity index (χ4v) is 4.13. The third kappa shape index (κ3) is 3.37. The number of hydrazone groups is 1. The second-order valence-corrected chi connectivity index (χ2v) is 7.12. The molecule has 4 rings (SSSR count). The molecule has 2 aliphatic carbocycles. The number of rotatable bonds is 2. The lowest BCUT2D eigenvalue weighted by Gasteiger charge is -2.37. The van der Waals surface area contributed by atoms with Crippen molar-refractivity contribution in [1.29, 1.82) is 5.41 Å². The molecule has 3 heteroatoms. The van der Waals surface area contributed by atoms with Gasteiger partial charge in [0.1, 0.15) is 0 Å². The molecule has 1 heterocycles. The van der Waals surface area contributed by atoms with Crippen molar-refractivity contribution >= 4 is 11.4 Å². The van der Waals surface area contributed by atoms with Crippen molar-refractivity contribution in [2.24, 2.45) is 16.9 Å². The van der Waals surface area contributed by atoms with Crippen LogP contribution >= 0.6 is 0 Å². The van der Waals surface area contributed by atoms with E-state index >= 15 is 0 Å². The summed E-state index contributed by atoms with van der Waals surface area (Å²) in [5, 5.41) is 12.6. The van der Waals surface area contributed by atoms with E-state index in [1.807, 2.05) is 12.2 Å². The summed E-state index contributed by atoms with van der Waals surface area (Å²) in [5.74, 6) is 0.667. The molecule has 1 aliphatic heterocycles. The Morgan fingerprint density at radius 2 is 1.80 bits per heavy atom. The van der Waals surface area contributed by atoms with Crippen LogP contribution in [0, 0.1) is 17.2 Å². The van der Waals surface area contributed by atoms with E-state index in [1.165, 1.54) is 42.5 Å². The largest absolute Gasteiger partial charge is 0.302 e. The Hall–Kier alpha value is -2.42. The van der Waals surface area contributed by atoms with Crippen molar-refractivity contribution in [2.75, 3.05) is 0 Å². The molecule has 2 atom stereocenters. The van der Waals surface area contributed by atoms with Gasteiger partial charge >= 0.3 is 0 Å². The zero-order valence-electron chi connectivity index (χ0n) is 14.5. The van der Waals surface area contributed by atoms with Gasteiger partial charge in [-0.3, -0.25) is 0 Å². The zero-order chi connectivity index (χ0) is 17.1. The van der Waals surface area contributed by atoms with Gasteiger partial charge in [0.25, 0.3) is 0 Å². The molecule has 3 aliphatic rings. The monoisotopic (exact) mass is 331 g/mol. The maximum Gasteiger partial charge on any atom is 0.0753 e. The molecule has 0 spiro atoms. The summed E-state index contributed by atoms with van der Waals surface area (Å²) in [6.45, 7) is 0. The average Bonchev–Trinajstić information content (AvgIpc) is 2.63. The molecule has 0 aromatic heterocycles. The van der Waals surface area contributed by atoms with Crippen molar-refractivity contribution in [3.05, 3.63) is 71.8 Å². The third-order valence-electron chi connectivity index (χ3n) is 5.44. The Morgan fingerprint density at radius 1 is 1.00 bits per heavy atom. The van der Waals surface area contributed by atoms with Crippen molar-refractivity contribution < 1.29 is 0 Å². The van der Waals surface area contributed by atoms with Crippen LogP contribution < -0.4 is 5.43 Å². The first-order valence-corrected chi connectivity index (χ1v) is 9.36. The lowest BCUT2D eigenvalue weighted by atomic mass is 9.75. The van der Waals surface area contributed by atoms with Gasteiger partial charge in [-0.15, -0.1) is 0 Å². The molecular weight excluding hydrogens is 306 g/mol. The second-order valence-electron chi connectivity index (χ2n) is 7.12. The molecule has 0 amide bonds. The molecule has 1 aromatic carbocycles. The molecule has 25 heavy (non-hydrogen) atoms. The van der Waals surface area contributed by atoms with Crippen LogP contribution in [0.15, 0.2) is 71.4 Å². The first-order valence-electron chi connectivity index (χ1n) is 9.36. The second kappa shape index (κ2) is 7.22. The van der Waals surface area contributed by atoms with Crippen LogP contribution in [0.3, 0.4) is 0 Å². The predicted octanol–water partition coefficient (Wildman–Crippen LogP) is 4.63. The van der Waals surface area contributed by atoms with Crippen molar-refractivity contribution in [1.82, 2.24) is 5.43 Å². The Morgan fingerprint density at radius 3 is 2.60 bits per heavy atom. The van der Waals surface area contributed by atoms with E-state index in [9.17, 15) is 0 Å². The number of hydrogen-bond donors (Lipinski definition) is 2. The molecular formula is C22H25N3. The van der Waals surface area contributed by atoms with E-state index in [0.29, 0.717) is 11.6 Å². The van der Waals surface area contributed by atoms with E-state index < -0.39 is 0 Å².